The van der Waals surface area contributed by atoms with Gasteiger partial charge in [-0.1, -0.05) is 31.9 Å². The second-order valence-electron chi connectivity index (χ2n) is 7.13. The summed E-state index contributed by atoms with van der Waals surface area (Å²) in [6, 6.07) is 3.07. The number of carbonyl (C=O) groups is 1. The summed E-state index contributed by atoms with van der Waals surface area (Å²) < 4.78 is 20.7. The van der Waals surface area contributed by atoms with E-state index in [2.05, 4.69) is 31.9 Å². The first kappa shape index (κ1) is 25.0. The summed E-state index contributed by atoms with van der Waals surface area (Å²) in [6.07, 6.45) is -0.0512. The number of carbonyl (C=O) groups excluding carboxylic acids is 1. The minimum atomic E-state index is -0.909. The van der Waals surface area contributed by atoms with E-state index >= 15 is 0 Å². The Morgan fingerprint density at radius 1 is 1.33 bits per heavy atom. The molecule has 154 valence electrons. The SMILES string of the molecule is CC(C)(C)OC(=O)N1CCC(C(O)c2c(F)cc(Br)cc2Br)CC1.ClCCl. The van der Waals surface area contributed by atoms with Crippen LogP contribution >= 0.6 is 55.1 Å². The third-order valence-corrected chi connectivity index (χ3v) is 5.09. The molecule has 4 nitrogen and oxygen atoms in total. The number of ether oxygens (including phenoxy) is 1. The van der Waals surface area contributed by atoms with E-state index in [0.29, 0.717) is 34.9 Å². The Kier molecular flexibility index (Phi) is 10.3. The lowest BCUT2D eigenvalue weighted by Gasteiger charge is -2.35. The predicted molar refractivity (Wildman–Crippen MR) is 114 cm³/mol. The maximum Gasteiger partial charge on any atom is 0.410 e. The number of piperidine rings is 1. The fraction of sp³-hybridized carbons (Fsp3) is 0.611. The molecule has 9 heteroatoms. The van der Waals surface area contributed by atoms with Crippen LogP contribution in [0.2, 0.25) is 0 Å². The number of hydrogen-bond donors (Lipinski definition) is 1. The topological polar surface area (TPSA) is 49.8 Å². The van der Waals surface area contributed by atoms with E-state index in [1.807, 2.05) is 20.8 Å². The van der Waals surface area contributed by atoms with Crippen molar-refractivity contribution in [2.24, 2.45) is 5.92 Å². The minimum Gasteiger partial charge on any atom is -0.444 e. The molecule has 1 aliphatic rings. The van der Waals surface area contributed by atoms with Crippen molar-refractivity contribution >= 4 is 61.2 Å². The van der Waals surface area contributed by atoms with Gasteiger partial charge < -0.3 is 14.7 Å². The molecule has 1 atom stereocenters. The highest BCUT2D eigenvalue weighted by molar-refractivity contribution is 9.11. The number of amides is 1. The molecule has 1 fully saturated rings. The Hall–Kier alpha value is -0.0800. The molecule has 1 amide bonds. The summed E-state index contributed by atoms with van der Waals surface area (Å²) in [5.74, 6) is -0.547. The van der Waals surface area contributed by atoms with Gasteiger partial charge in [-0.2, -0.15) is 0 Å². The molecule has 1 saturated heterocycles. The monoisotopic (exact) mass is 549 g/mol. The van der Waals surface area contributed by atoms with Crippen LogP contribution in [0.5, 0.6) is 0 Å². The highest BCUT2D eigenvalue weighted by Gasteiger charge is 2.32. The molecule has 1 unspecified atom stereocenters. The van der Waals surface area contributed by atoms with Gasteiger partial charge in [0, 0.05) is 27.6 Å². The van der Waals surface area contributed by atoms with Gasteiger partial charge in [-0.3, -0.25) is 0 Å². The summed E-state index contributed by atoms with van der Waals surface area (Å²) in [7, 11) is 0. The first-order valence-corrected chi connectivity index (χ1v) is 11.1. The molecule has 2 rings (SSSR count). The quantitative estimate of drug-likeness (QED) is 0.430. The van der Waals surface area contributed by atoms with Crippen molar-refractivity contribution in [3.63, 3.8) is 0 Å². The smallest absolute Gasteiger partial charge is 0.410 e. The zero-order valence-corrected chi connectivity index (χ0v) is 20.1. The molecular formula is C18H24Br2Cl2FNO3. The number of benzene rings is 1. The maximum absolute atomic E-state index is 14.2. The van der Waals surface area contributed by atoms with Gasteiger partial charge >= 0.3 is 6.09 Å². The van der Waals surface area contributed by atoms with Crippen molar-refractivity contribution in [1.82, 2.24) is 4.90 Å². The van der Waals surface area contributed by atoms with Gasteiger partial charge in [0.2, 0.25) is 0 Å². The summed E-state index contributed by atoms with van der Waals surface area (Å²) in [4.78, 5) is 13.7. The second-order valence-corrected chi connectivity index (χ2v) is 9.71. The highest BCUT2D eigenvalue weighted by atomic mass is 79.9. The van der Waals surface area contributed by atoms with Gasteiger partial charge in [0.25, 0.3) is 0 Å². The lowest BCUT2D eigenvalue weighted by Crippen LogP contribution is -2.42. The molecular weight excluding hydrogens is 528 g/mol. The third kappa shape index (κ3) is 8.05. The van der Waals surface area contributed by atoms with Crippen LogP contribution in [0.15, 0.2) is 21.1 Å². The lowest BCUT2D eigenvalue weighted by molar-refractivity contribution is 0.00711. The van der Waals surface area contributed by atoms with Crippen molar-refractivity contribution < 1.29 is 19.0 Å². The molecule has 0 aliphatic carbocycles. The largest absolute Gasteiger partial charge is 0.444 e. The summed E-state index contributed by atoms with van der Waals surface area (Å²) in [5.41, 5.74) is -0.257. The summed E-state index contributed by atoms with van der Waals surface area (Å²) in [5, 5.41) is 10.8. The molecule has 1 heterocycles. The Morgan fingerprint density at radius 2 is 1.85 bits per heavy atom. The molecule has 0 spiro atoms. The number of rotatable bonds is 2. The van der Waals surface area contributed by atoms with Gasteiger partial charge in [0.05, 0.1) is 11.4 Å². The first-order valence-electron chi connectivity index (χ1n) is 8.42. The van der Waals surface area contributed by atoms with Gasteiger partial charge in [-0.25, -0.2) is 9.18 Å². The Labute approximate surface area is 186 Å². The summed E-state index contributed by atoms with van der Waals surface area (Å²) >= 11 is 16.1. The van der Waals surface area contributed by atoms with E-state index in [0.717, 1.165) is 0 Å². The maximum atomic E-state index is 14.2. The Morgan fingerprint density at radius 3 is 2.30 bits per heavy atom. The molecule has 1 N–H and O–H groups in total. The fourth-order valence-electron chi connectivity index (χ4n) is 2.80. The van der Waals surface area contributed by atoms with Crippen LogP contribution in [0, 0.1) is 11.7 Å². The highest BCUT2D eigenvalue weighted by Crippen LogP contribution is 2.37. The number of aliphatic hydroxyl groups is 1. The van der Waals surface area contributed by atoms with Crippen molar-refractivity contribution in [1.29, 1.82) is 0 Å². The number of hydrogen-bond acceptors (Lipinski definition) is 3. The van der Waals surface area contributed by atoms with Crippen LogP contribution in [0.4, 0.5) is 9.18 Å². The average molecular weight is 552 g/mol. The number of nitrogens with zero attached hydrogens (tertiary/aromatic N) is 1. The minimum absolute atomic E-state index is 0.101. The Bertz CT molecular complexity index is 613. The van der Waals surface area contributed by atoms with E-state index in [4.69, 9.17) is 27.9 Å². The second kappa shape index (κ2) is 11.2. The number of halogens is 5. The predicted octanol–water partition coefficient (Wildman–Crippen LogP) is 6.45. The zero-order valence-electron chi connectivity index (χ0n) is 15.4. The standard InChI is InChI=1S/C17H22Br2FNO3.CH2Cl2/c1-17(2,3)24-16(23)21-6-4-10(5-7-21)15(22)14-12(19)8-11(18)9-13(14)20;2-1-3/h8-10,15,22H,4-7H2,1-3H3;1H2. The number of alkyl halides is 2. The first-order chi connectivity index (χ1) is 12.5. The molecule has 0 radical (unpaired) electrons. The van der Waals surface area contributed by atoms with Gasteiger partial charge in [-0.05, 0) is 51.7 Å². The number of likely N-dealkylation sites (tertiary alicyclic amines) is 1. The van der Waals surface area contributed by atoms with Crippen molar-refractivity contribution in [2.75, 3.05) is 18.4 Å². The van der Waals surface area contributed by atoms with Gasteiger partial charge in [0.15, 0.2) is 0 Å². The zero-order chi connectivity index (χ0) is 20.8. The van der Waals surface area contributed by atoms with Crippen molar-refractivity contribution in [3.8, 4) is 0 Å². The van der Waals surface area contributed by atoms with Crippen LogP contribution in [0.1, 0.15) is 45.3 Å². The molecule has 0 aromatic heterocycles. The van der Waals surface area contributed by atoms with E-state index in [1.54, 1.807) is 11.0 Å². The molecule has 1 aromatic carbocycles. The van der Waals surface area contributed by atoms with Crippen molar-refractivity contribution in [2.45, 2.75) is 45.3 Å². The van der Waals surface area contributed by atoms with Crippen LogP contribution < -0.4 is 0 Å². The molecule has 27 heavy (non-hydrogen) atoms. The third-order valence-electron chi connectivity index (χ3n) is 3.98. The van der Waals surface area contributed by atoms with E-state index < -0.39 is 17.5 Å². The molecule has 1 aliphatic heterocycles. The lowest BCUT2D eigenvalue weighted by atomic mass is 9.87. The van der Waals surface area contributed by atoms with Crippen LogP contribution in [0.25, 0.3) is 0 Å². The summed E-state index contributed by atoms with van der Waals surface area (Å²) in [6.45, 7) is 6.47. The average Bonchev–Trinajstić information content (AvgIpc) is 2.53. The van der Waals surface area contributed by atoms with E-state index in [1.165, 1.54) is 6.07 Å². The fourth-order valence-corrected chi connectivity index (χ4v) is 4.20. The van der Waals surface area contributed by atoms with Crippen molar-refractivity contribution in [3.05, 3.63) is 32.5 Å². The van der Waals surface area contributed by atoms with E-state index in [-0.39, 0.29) is 22.9 Å². The van der Waals surface area contributed by atoms with Gasteiger partial charge in [-0.15, -0.1) is 23.2 Å². The molecule has 1 aromatic rings. The van der Waals surface area contributed by atoms with Crippen LogP contribution in [-0.4, -0.2) is 40.1 Å². The molecule has 0 bridgehead atoms. The van der Waals surface area contributed by atoms with Crippen LogP contribution in [-0.2, 0) is 4.74 Å². The Balaban J connectivity index is 0.00000114. The van der Waals surface area contributed by atoms with Gasteiger partial charge in [0.1, 0.15) is 11.4 Å². The number of aliphatic hydroxyl groups excluding tert-OH is 1. The molecule has 0 saturated carbocycles. The normalized spacial score (nSPS) is 16.4. The van der Waals surface area contributed by atoms with E-state index in [9.17, 15) is 14.3 Å². The van der Waals surface area contributed by atoms with Crippen LogP contribution in [0.3, 0.4) is 0 Å².